The van der Waals surface area contributed by atoms with Crippen molar-refractivity contribution in [3.8, 4) is 0 Å². The lowest BCUT2D eigenvalue weighted by atomic mass is 10.2. The van der Waals surface area contributed by atoms with Crippen molar-refractivity contribution in [2.75, 3.05) is 11.9 Å². The van der Waals surface area contributed by atoms with Gasteiger partial charge in [-0.1, -0.05) is 0 Å². The van der Waals surface area contributed by atoms with Gasteiger partial charge in [-0.25, -0.2) is 9.98 Å². The molecule has 5 nitrogen and oxygen atoms in total. The zero-order valence-electron chi connectivity index (χ0n) is 8.02. The van der Waals surface area contributed by atoms with Crippen LogP contribution >= 0.6 is 0 Å². The molecule has 1 aliphatic heterocycles. The first-order chi connectivity index (χ1) is 6.11. The number of imidazole rings is 1. The van der Waals surface area contributed by atoms with Crippen molar-refractivity contribution < 1.29 is 0 Å². The Balaban J connectivity index is 2.61. The second-order valence-corrected chi connectivity index (χ2v) is 3.27. The monoisotopic (exact) mass is 179 g/mol. The summed E-state index contributed by atoms with van der Waals surface area (Å²) in [5.41, 5.74) is 7.64. The first-order valence-electron chi connectivity index (χ1n) is 4.15. The van der Waals surface area contributed by atoms with Gasteiger partial charge in [-0.05, 0) is 6.92 Å². The van der Waals surface area contributed by atoms with Gasteiger partial charge in [0.2, 0.25) is 0 Å². The Morgan fingerprint density at radius 3 is 2.85 bits per heavy atom. The predicted octanol–water partition coefficient (Wildman–Crippen LogP) is -0.0788. The minimum absolute atomic E-state index is 0.289. The maximum atomic E-state index is 5.81. The fraction of sp³-hybridized carbons (Fsp3) is 0.500. The van der Waals surface area contributed by atoms with Crippen molar-refractivity contribution in [2.45, 2.75) is 13.2 Å². The minimum atomic E-state index is -0.289. The molecule has 0 aromatic carbocycles. The van der Waals surface area contributed by atoms with Crippen LogP contribution in [0.15, 0.2) is 11.3 Å². The summed E-state index contributed by atoms with van der Waals surface area (Å²) < 4.78 is 1.95. The number of fused-ring (bicyclic) bond motifs is 1. The molecule has 0 saturated carbocycles. The molecule has 0 fully saturated rings. The third kappa shape index (κ3) is 1.04. The van der Waals surface area contributed by atoms with E-state index in [1.165, 1.54) is 0 Å². The highest BCUT2D eigenvalue weighted by atomic mass is 15.4. The van der Waals surface area contributed by atoms with Gasteiger partial charge in [0.15, 0.2) is 6.29 Å². The molecule has 0 radical (unpaired) electrons. The summed E-state index contributed by atoms with van der Waals surface area (Å²) in [4.78, 5) is 10.4. The second-order valence-electron chi connectivity index (χ2n) is 3.27. The Hall–Kier alpha value is -1.36. The van der Waals surface area contributed by atoms with Gasteiger partial charge in [-0.2, -0.15) is 0 Å². The van der Waals surface area contributed by atoms with Crippen molar-refractivity contribution >= 4 is 11.5 Å². The average molecular weight is 179 g/mol. The van der Waals surface area contributed by atoms with Gasteiger partial charge in [-0.15, -0.1) is 0 Å². The summed E-state index contributed by atoms with van der Waals surface area (Å²) in [5.74, 6) is 1.03. The van der Waals surface area contributed by atoms with Crippen molar-refractivity contribution in [3.63, 3.8) is 0 Å². The van der Waals surface area contributed by atoms with Gasteiger partial charge >= 0.3 is 0 Å². The van der Waals surface area contributed by atoms with Crippen molar-refractivity contribution in [1.29, 1.82) is 0 Å². The van der Waals surface area contributed by atoms with Gasteiger partial charge in [-0.3, -0.25) is 5.73 Å². The average Bonchev–Trinajstić information content (AvgIpc) is 2.44. The number of nitrogens with two attached hydrogens (primary N) is 1. The summed E-state index contributed by atoms with van der Waals surface area (Å²) in [6, 6.07) is 0. The summed E-state index contributed by atoms with van der Waals surface area (Å²) in [6.45, 7) is 1.93. The van der Waals surface area contributed by atoms with Crippen LogP contribution in [0.1, 0.15) is 12.6 Å². The SMILES string of the molecule is CC1=NC(N)N(C)c2c1ncn2C. The van der Waals surface area contributed by atoms with Crippen LogP contribution in [0, 0.1) is 0 Å². The Morgan fingerprint density at radius 2 is 2.15 bits per heavy atom. The minimum Gasteiger partial charge on any atom is -0.325 e. The zero-order valence-corrected chi connectivity index (χ0v) is 8.02. The molecule has 0 bridgehead atoms. The molecular formula is C8H13N5. The number of aliphatic imine (C=N–C) groups is 1. The second kappa shape index (κ2) is 2.56. The van der Waals surface area contributed by atoms with E-state index < -0.39 is 0 Å². The van der Waals surface area contributed by atoms with Crippen LogP contribution in [-0.4, -0.2) is 28.6 Å². The molecule has 0 saturated heterocycles. The molecule has 0 aliphatic carbocycles. The summed E-state index contributed by atoms with van der Waals surface area (Å²) in [7, 11) is 3.87. The molecule has 1 aromatic heterocycles. The Bertz CT molecular complexity index is 365. The normalized spacial score (nSPS) is 21.4. The topological polar surface area (TPSA) is 59.4 Å². The number of aromatic nitrogens is 2. The van der Waals surface area contributed by atoms with E-state index in [0.717, 1.165) is 17.2 Å². The maximum Gasteiger partial charge on any atom is 0.174 e. The van der Waals surface area contributed by atoms with Crippen LogP contribution in [0.4, 0.5) is 5.82 Å². The lowest BCUT2D eigenvalue weighted by molar-refractivity contribution is 0.658. The van der Waals surface area contributed by atoms with Crippen LogP contribution in [0.2, 0.25) is 0 Å². The third-order valence-corrected chi connectivity index (χ3v) is 2.31. The number of hydrogen-bond donors (Lipinski definition) is 1. The molecule has 0 spiro atoms. The van der Waals surface area contributed by atoms with E-state index in [0.29, 0.717) is 0 Å². The van der Waals surface area contributed by atoms with E-state index in [1.54, 1.807) is 6.33 Å². The molecular weight excluding hydrogens is 166 g/mol. The van der Waals surface area contributed by atoms with Gasteiger partial charge in [0.25, 0.3) is 0 Å². The van der Waals surface area contributed by atoms with Crippen LogP contribution in [0.25, 0.3) is 0 Å². The number of anilines is 1. The fourth-order valence-corrected chi connectivity index (χ4v) is 1.57. The molecule has 2 heterocycles. The zero-order chi connectivity index (χ0) is 9.59. The third-order valence-electron chi connectivity index (χ3n) is 2.31. The first-order valence-corrected chi connectivity index (χ1v) is 4.15. The largest absolute Gasteiger partial charge is 0.325 e. The highest BCUT2D eigenvalue weighted by Gasteiger charge is 2.24. The molecule has 1 aromatic rings. The van der Waals surface area contributed by atoms with Gasteiger partial charge in [0.05, 0.1) is 12.0 Å². The van der Waals surface area contributed by atoms with E-state index in [1.807, 2.05) is 30.5 Å². The number of aryl methyl sites for hydroxylation is 1. The Labute approximate surface area is 76.9 Å². The molecule has 5 heteroatoms. The van der Waals surface area contributed by atoms with E-state index in [4.69, 9.17) is 5.73 Å². The van der Waals surface area contributed by atoms with Gasteiger partial charge in [0, 0.05) is 14.1 Å². The van der Waals surface area contributed by atoms with Crippen LogP contribution in [0.3, 0.4) is 0 Å². The predicted molar refractivity (Wildman–Crippen MR) is 51.8 cm³/mol. The van der Waals surface area contributed by atoms with E-state index >= 15 is 0 Å². The molecule has 1 atom stereocenters. The van der Waals surface area contributed by atoms with Crippen molar-refractivity contribution in [2.24, 2.45) is 17.8 Å². The fourth-order valence-electron chi connectivity index (χ4n) is 1.57. The van der Waals surface area contributed by atoms with Gasteiger partial charge in [0.1, 0.15) is 11.5 Å². The van der Waals surface area contributed by atoms with Crippen molar-refractivity contribution in [1.82, 2.24) is 9.55 Å². The van der Waals surface area contributed by atoms with E-state index in [9.17, 15) is 0 Å². The van der Waals surface area contributed by atoms with Crippen LogP contribution < -0.4 is 10.6 Å². The van der Waals surface area contributed by atoms with Crippen LogP contribution in [0.5, 0.6) is 0 Å². The standard InChI is InChI=1S/C8H13N5/c1-5-6-7(12(2)4-10-6)13(3)8(9)11-5/h4,8H,9H2,1-3H3. The Kier molecular flexibility index (Phi) is 1.63. The summed E-state index contributed by atoms with van der Waals surface area (Å²) >= 11 is 0. The highest BCUT2D eigenvalue weighted by molar-refractivity contribution is 6.02. The number of nitrogens with zero attached hydrogens (tertiary/aromatic N) is 4. The lowest BCUT2D eigenvalue weighted by Gasteiger charge is -2.28. The van der Waals surface area contributed by atoms with Crippen LogP contribution in [-0.2, 0) is 7.05 Å². The van der Waals surface area contributed by atoms with E-state index in [-0.39, 0.29) is 6.29 Å². The first kappa shape index (κ1) is 8.25. The molecule has 1 unspecified atom stereocenters. The molecule has 0 amide bonds. The maximum absolute atomic E-state index is 5.81. The quantitative estimate of drug-likeness (QED) is 0.606. The smallest absolute Gasteiger partial charge is 0.174 e. The molecule has 1 aliphatic rings. The van der Waals surface area contributed by atoms with E-state index in [2.05, 4.69) is 9.98 Å². The Morgan fingerprint density at radius 1 is 1.46 bits per heavy atom. The summed E-state index contributed by atoms with van der Waals surface area (Å²) in [6.07, 6.45) is 1.49. The number of hydrogen-bond acceptors (Lipinski definition) is 4. The molecule has 70 valence electrons. The highest BCUT2D eigenvalue weighted by Crippen LogP contribution is 2.23. The summed E-state index contributed by atoms with van der Waals surface area (Å²) in [5, 5.41) is 0. The molecule has 13 heavy (non-hydrogen) atoms. The van der Waals surface area contributed by atoms with Gasteiger partial charge < -0.3 is 9.47 Å². The van der Waals surface area contributed by atoms with Crippen molar-refractivity contribution in [3.05, 3.63) is 12.0 Å². The number of rotatable bonds is 0. The lowest BCUT2D eigenvalue weighted by Crippen LogP contribution is -2.42. The molecule has 2 rings (SSSR count). The molecule has 2 N–H and O–H groups in total.